The van der Waals surface area contributed by atoms with Gasteiger partial charge < -0.3 is 10.6 Å². The fraction of sp³-hybridized carbons (Fsp3) is 0.148. The minimum Gasteiger partial charge on any atom is -0.341 e. The third-order valence-corrected chi connectivity index (χ3v) is 7.16. The molecule has 3 heterocycles. The Kier molecular flexibility index (Phi) is 6.02. The van der Waals surface area contributed by atoms with E-state index in [2.05, 4.69) is 15.7 Å². The highest BCUT2D eigenvalue weighted by Crippen LogP contribution is 2.42. The monoisotopic (exact) mass is 555 g/mol. The molecule has 0 aliphatic carbocycles. The van der Waals surface area contributed by atoms with Gasteiger partial charge >= 0.3 is 12.6 Å². The number of benzene rings is 3. The van der Waals surface area contributed by atoms with Crippen molar-refractivity contribution in [2.75, 3.05) is 16.8 Å². The van der Waals surface area contributed by atoms with Gasteiger partial charge in [0.05, 0.1) is 12.2 Å². The van der Waals surface area contributed by atoms with Crippen LogP contribution in [-0.2, 0) is 6.42 Å². The second-order valence-electron chi connectivity index (χ2n) is 9.15. The molecule has 0 bridgehead atoms. The Labute approximate surface area is 224 Å². The van der Waals surface area contributed by atoms with Gasteiger partial charge in [0, 0.05) is 51.4 Å². The molecule has 12 heteroatoms. The lowest BCUT2D eigenvalue weighted by atomic mass is 9.93. The molecular formula is C27H18ClF4N5O2. The molecule has 0 saturated heterocycles. The maximum absolute atomic E-state index is 14.2. The zero-order chi connectivity index (χ0) is 27.4. The Morgan fingerprint density at radius 2 is 1.85 bits per heavy atom. The summed E-state index contributed by atoms with van der Waals surface area (Å²) in [4.78, 5) is 28.0. The number of rotatable bonds is 4. The number of carbonyl (C=O) groups excluding carboxylic acids is 2. The summed E-state index contributed by atoms with van der Waals surface area (Å²) in [6.07, 6.45) is 2.79. The normalized spacial score (nSPS) is 15.9. The van der Waals surface area contributed by atoms with E-state index in [-0.39, 0.29) is 27.4 Å². The van der Waals surface area contributed by atoms with Gasteiger partial charge in [-0.3, -0.25) is 9.69 Å². The summed E-state index contributed by atoms with van der Waals surface area (Å²) in [5, 5.41) is 9.45. The molecule has 0 unspecified atom stereocenters. The number of carbonyl (C=O) groups is 2. The Bertz CT molecular complexity index is 1660. The van der Waals surface area contributed by atoms with E-state index in [4.69, 9.17) is 11.6 Å². The summed E-state index contributed by atoms with van der Waals surface area (Å²) in [5.41, 5.74) is 2.81. The minimum atomic E-state index is -2.87. The first-order valence-corrected chi connectivity index (χ1v) is 12.2. The zero-order valence-corrected chi connectivity index (χ0v) is 20.6. The average molecular weight is 556 g/mol. The van der Waals surface area contributed by atoms with Crippen LogP contribution in [0, 0.1) is 11.6 Å². The highest BCUT2D eigenvalue weighted by Gasteiger charge is 2.36. The van der Waals surface area contributed by atoms with Crippen molar-refractivity contribution in [1.29, 1.82) is 0 Å². The molecule has 2 aliphatic rings. The highest BCUT2D eigenvalue weighted by atomic mass is 35.5. The van der Waals surface area contributed by atoms with Gasteiger partial charge in [0.2, 0.25) is 0 Å². The third-order valence-electron chi connectivity index (χ3n) is 6.82. The van der Waals surface area contributed by atoms with Crippen molar-refractivity contribution in [1.82, 2.24) is 15.1 Å². The molecule has 4 aromatic rings. The van der Waals surface area contributed by atoms with E-state index >= 15 is 0 Å². The number of nitrogens with one attached hydrogen (secondary N) is 2. The summed E-state index contributed by atoms with van der Waals surface area (Å²) in [6.45, 7) is -2.57. The van der Waals surface area contributed by atoms with Crippen LogP contribution in [-0.4, -0.2) is 28.3 Å². The quantitative estimate of drug-likeness (QED) is 0.290. The number of halogens is 5. The summed E-state index contributed by atoms with van der Waals surface area (Å²) < 4.78 is 54.7. The number of hydrogen-bond donors (Lipinski definition) is 2. The van der Waals surface area contributed by atoms with Crippen LogP contribution in [0.1, 0.15) is 39.6 Å². The number of amides is 3. The summed E-state index contributed by atoms with van der Waals surface area (Å²) >= 11 is 6.35. The van der Waals surface area contributed by atoms with Gasteiger partial charge in [0.1, 0.15) is 11.6 Å². The van der Waals surface area contributed by atoms with Crippen LogP contribution in [0.3, 0.4) is 0 Å². The van der Waals surface area contributed by atoms with Gasteiger partial charge in [-0.15, -0.1) is 0 Å². The van der Waals surface area contributed by atoms with Gasteiger partial charge in [-0.2, -0.15) is 13.9 Å². The predicted molar refractivity (Wildman–Crippen MR) is 136 cm³/mol. The Hall–Kier alpha value is -4.38. The van der Waals surface area contributed by atoms with Gasteiger partial charge in [-0.05, 0) is 66.1 Å². The third kappa shape index (κ3) is 4.38. The van der Waals surface area contributed by atoms with Gasteiger partial charge in [-0.25, -0.2) is 18.3 Å². The minimum absolute atomic E-state index is 0.154. The lowest BCUT2D eigenvalue weighted by molar-refractivity contribution is 0.0566. The maximum Gasteiger partial charge on any atom is 0.333 e. The Balaban J connectivity index is 1.46. The van der Waals surface area contributed by atoms with Crippen molar-refractivity contribution in [2.45, 2.75) is 19.0 Å². The number of fused-ring (bicyclic) bond motifs is 2. The summed E-state index contributed by atoms with van der Waals surface area (Å²) in [6, 6.07) is 9.46. The van der Waals surface area contributed by atoms with E-state index in [0.717, 1.165) is 6.20 Å². The number of urea groups is 1. The Morgan fingerprint density at radius 3 is 2.62 bits per heavy atom. The molecule has 198 valence electrons. The van der Waals surface area contributed by atoms with Crippen LogP contribution in [0.15, 0.2) is 60.9 Å². The molecule has 3 aromatic carbocycles. The second kappa shape index (κ2) is 9.42. The van der Waals surface area contributed by atoms with Crippen molar-refractivity contribution in [2.24, 2.45) is 0 Å². The number of aromatic nitrogens is 2. The van der Waals surface area contributed by atoms with Crippen molar-refractivity contribution in [3.05, 3.63) is 99.8 Å². The molecule has 6 rings (SSSR count). The number of alkyl halides is 2. The molecule has 2 N–H and O–H groups in total. The number of nitrogens with zero attached hydrogens (tertiary/aromatic N) is 3. The molecule has 3 amide bonds. The number of anilines is 2. The molecule has 1 aromatic heterocycles. The largest absolute Gasteiger partial charge is 0.341 e. The molecule has 0 saturated carbocycles. The molecule has 0 spiro atoms. The molecule has 1 atom stereocenters. The highest BCUT2D eigenvalue weighted by molar-refractivity contribution is 6.31. The van der Waals surface area contributed by atoms with Crippen LogP contribution in [0.5, 0.6) is 0 Å². The molecule has 0 fully saturated rings. The van der Waals surface area contributed by atoms with Gasteiger partial charge in [0.25, 0.3) is 5.91 Å². The summed E-state index contributed by atoms with van der Waals surface area (Å²) in [5.74, 6) is -1.50. The fourth-order valence-electron chi connectivity index (χ4n) is 5.03. The standard InChI is InChI=1S/C27H18ClF4N5O2/c28-20-3-1-17(30)10-18(20)24-23-19(25(38)35-24)8-14(15-11-33-37(12-15)26(31)32)9-21(23)34-27(39)36-6-5-13-7-16(29)2-4-22(13)36/h1-4,7-12,24,26H,5-6H2,(H,34,39)(H,35,38)/t24-/m0/s1. The second-order valence-corrected chi connectivity index (χ2v) is 9.56. The first kappa shape index (κ1) is 24.9. The lowest BCUT2D eigenvalue weighted by Gasteiger charge is -2.22. The lowest BCUT2D eigenvalue weighted by Crippen LogP contribution is -2.33. The van der Waals surface area contributed by atoms with E-state index in [1.54, 1.807) is 0 Å². The van der Waals surface area contributed by atoms with Crippen LogP contribution in [0.2, 0.25) is 5.02 Å². The van der Waals surface area contributed by atoms with Gasteiger partial charge in [0.15, 0.2) is 0 Å². The van der Waals surface area contributed by atoms with Crippen molar-refractivity contribution < 1.29 is 27.2 Å². The maximum atomic E-state index is 14.2. The van der Waals surface area contributed by atoms with Crippen molar-refractivity contribution in [3.8, 4) is 11.1 Å². The van der Waals surface area contributed by atoms with E-state index in [0.29, 0.717) is 40.0 Å². The molecule has 39 heavy (non-hydrogen) atoms. The SMILES string of the molecule is O=C1N[C@@H](c2cc(F)ccc2Cl)c2c(NC(=O)N3CCc4cc(F)ccc43)cc(-c3cnn(C(F)F)c3)cc21. The summed E-state index contributed by atoms with van der Waals surface area (Å²) in [7, 11) is 0. The molecule has 2 aliphatic heterocycles. The molecule has 7 nitrogen and oxygen atoms in total. The van der Waals surface area contributed by atoms with E-state index < -0.39 is 36.2 Å². The Morgan fingerprint density at radius 1 is 1.08 bits per heavy atom. The topological polar surface area (TPSA) is 79.3 Å². The van der Waals surface area contributed by atoms with Crippen LogP contribution in [0.25, 0.3) is 11.1 Å². The average Bonchev–Trinajstić information content (AvgIpc) is 3.63. The van der Waals surface area contributed by atoms with Crippen LogP contribution >= 0.6 is 11.6 Å². The van der Waals surface area contributed by atoms with Crippen LogP contribution in [0.4, 0.5) is 33.7 Å². The first-order valence-electron chi connectivity index (χ1n) is 11.8. The fourth-order valence-corrected chi connectivity index (χ4v) is 5.26. The molecular weight excluding hydrogens is 538 g/mol. The van der Waals surface area contributed by atoms with E-state index in [1.807, 2.05) is 0 Å². The molecule has 0 radical (unpaired) electrons. The van der Waals surface area contributed by atoms with E-state index in [1.165, 1.54) is 59.6 Å². The number of hydrogen-bond acceptors (Lipinski definition) is 3. The zero-order valence-electron chi connectivity index (χ0n) is 19.9. The van der Waals surface area contributed by atoms with Crippen molar-refractivity contribution in [3.63, 3.8) is 0 Å². The predicted octanol–water partition coefficient (Wildman–Crippen LogP) is 6.30. The van der Waals surface area contributed by atoms with E-state index in [9.17, 15) is 27.2 Å². The first-order chi connectivity index (χ1) is 18.7. The van der Waals surface area contributed by atoms with Gasteiger partial charge in [-0.1, -0.05) is 11.6 Å². The van der Waals surface area contributed by atoms with Crippen molar-refractivity contribution >= 4 is 34.9 Å². The smallest absolute Gasteiger partial charge is 0.333 e. The van der Waals surface area contributed by atoms with Crippen LogP contribution < -0.4 is 15.5 Å².